The molecule has 6 heteroatoms. The maximum atomic E-state index is 13.5. The minimum Gasteiger partial charge on any atom is -0.496 e. The van der Waals surface area contributed by atoms with E-state index in [9.17, 15) is 4.39 Å². The summed E-state index contributed by atoms with van der Waals surface area (Å²) in [7, 11) is 7.59. The fraction of sp³-hybridized carbons (Fsp3) is 0.190. The van der Waals surface area contributed by atoms with Crippen molar-refractivity contribution in [3.05, 3.63) is 70.4 Å². The topological polar surface area (TPSA) is 54.0 Å². The van der Waals surface area contributed by atoms with Crippen molar-refractivity contribution >= 4 is 31.9 Å². The van der Waals surface area contributed by atoms with Crippen LogP contribution in [0.4, 0.5) is 4.39 Å². The molecule has 3 N–H and O–H groups in total. The van der Waals surface area contributed by atoms with Crippen LogP contribution in [0.15, 0.2) is 42.1 Å². The highest BCUT2D eigenvalue weighted by molar-refractivity contribution is 6.01. The highest BCUT2D eigenvalue weighted by Crippen LogP contribution is 2.28. The van der Waals surface area contributed by atoms with Crippen molar-refractivity contribution in [3.63, 3.8) is 0 Å². The van der Waals surface area contributed by atoms with Gasteiger partial charge >= 0.3 is 7.98 Å². The fourth-order valence-electron chi connectivity index (χ4n) is 3.18. The predicted molar refractivity (Wildman–Crippen MR) is 109 cm³/mol. The largest absolute Gasteiger partial charge is 0.586 e. The van der Waals surface area contributed by atoms with Crippen LogP contribution in [0.25, 0.3) is 17.7 Å². The number of hydrogen-bond donors (Lipinski definition) is 2. The smallest absolute Gasteiger partial charge is 0.496 e. The van der Waals surface area contributed by atoms with E-state index in [-0.39, 0.29) is 5.82 Å². The quantitative estimate of drug-likeness (QED) is 0.774. The first kappa shape index (κ1) is 18.9. The highest BCUT2D eigenvalue weighted by atomic mass is 19.1. The molecule has 1 aliphatic rings. The molecule has 1 aliphatic heterocycles. The summed E-state index contributed by atoms with van der Waals surface area (Å²) >= 11 is 0. The van der Waals surface area contributed by atoms with Gasteiger partial charge in [-0.1, -0.05) is 0 Å². The molecule has 1 aromatic carbocycles. The molecule has 136 valence electrons. The number of aromatic nitrogens is 1. The molecule has 3 rings (SSSR count). The van der Waals surface area contributed by atoms with Gasteiger partial charge in [0, 0.05) is 29.0 Å². The number of allylic oxidation sites excluding steroid dienone is 2. The van der Waals surface area contributed by atoms with Crippen LogP contribution < -0.4 is 10.5 Å². The summed E-state index contributed by atoms with van der Waals surface area (Å²) in [5.74, 6) is 0.313. The lowest BCUT2D eigenvalue weighted by Gasteiger charge is -2.07. The summed E-state index contributed by atoms with van der Waals surface area (Å²) in [5.41, 5.74) is 11.5. The fourth-order valence-corrected chi connectivity index (χ4v) is 3.18. The van der Waals surface area contributed by atoms with Crippen molar-refractivity contribution in [2.24, 2.45) is 5.73 Å². The van der Waals surface area contributed by atoms with Crippen LogP contribution in [0.2, 0.25) is 0 Å². The molecule has 27 heavy (non-hydrogen) atoms. The van der Waals surface area contributed by atoms with E-state index in [1.807, 2.05) is 37.3 Å². The van der Waals surface area contributed by atoms with Crippen molar-refractivity contribution in [2.45, 2.75) is 13.3 Å². The van der Waals surface area contributed by atoms with Gasteiger partial charge < -0.3 is 15.5 Å². The summed E-state index contributed by atoms with van der Waals surface area (Å²) in [6, 6.07) is 6.48. The Kier molecular flexibility index (Phi) is 5.77. The summed E-state index contributed by atoms with van der Waals surface area (Å²) in [5, 5.41) is 0. The molecule has 0 spiro atoms. The molecule has 4 nitrogen and oxygen atoms in total. The van der Waals surface area contributed by atoms with Gasteiger partial charge in [-0.25, -0.2) is 4.39 Å². The van der Waals surface area contributed by atoms with Crippen LogP contribution in [0.5, 0.6) is 5.75 Å². The number of halogens is 1. The summed E-state index contributed by atoms with van der Waals surface area (Å²) in [6.07, 6.45) is 10.1. The molecule has 0 amide bonds. The Morgan fingerprint density at radius 3 is 2.81 bits per heavy atom. The number of nitrogens with zero attached hydrogens (tertiary/aromatic N) is 1. The molecule has 0 unspecified atom stereocenters. The first-order chi connectivity index (χ1) is 13.0. The van der Waals surface area contributed by atoms with E-state index in [0.717, 1.165) is 28.2 Å². The summed E-state index contributed by atoms with van der Waals surface area (Å²) < 4.78 is 20.4. The van der Waals surface area contributed by atoms with Crippen LogP contribution >= 0.6 is 0 Å². The van der Waals surface area contributed by atoms with Gasteiger partial charge in [-0.15, -0.1) is 0 Å². The highest BCUT2D eigenvalue weighted by Gasteiger charge is 2.20. The van der Waals surface area contributed by atoms with Gasteiger partial charge in [0.25, 0.3) is 0 Å². The minimum absolute atomic E-state index is 0.305. The second kappa shape index (κ2) is 8.23. The zero-order chi connectivity index (χ0) is 19.4. The number of H-pyrrole nitrogens is 1. The van der Waals surface area contributed by atoms with E-state index in [1.165, 1.54) is 12.1 Å². The Hall–Kier alpha value is -2.86. The van der Waals surface area contributed by atoms with E-state index in [2.05, 4.69) is 4.98 Å². The van der Waals surface area contributed by atoms with Crippen molar-refractivity contribution in [2.75, 3.05) is 13.7 Å². The van der Waals surface area contributed by atoms with Gasteiger partial charge in [0.1, 0.15) is 17.8 Å². The maximum absolute atomic E-state index is 13.5. The molecule has 0 saturated heterocycles. The van der Waals surface area contributed by atoms with E-state index in [0.29, 0.717) is 24.3 Å². The Morgan fingerprint density at radius 2 is 2.15 bits per heavy atom. The van der Waals surface area contributed by atoms with Gasteiger partial charge in [-0.2, -0.15) is 0 Å². The number of methoxy groups -OCH3 is 1. The first-order valence-electron chi connectivity index (χ1n) is 8.73. The summed E-state index contributed by atoms with van der Waals surface area (Å²) in [4.78, 5) is 3.42. The van der Waals surface area contributed by atoms with Crippen LogP contribution in [-0.4, -0.2) is 37.3 Å². The monoisotopic (exact) mass is 362 g/mol. The average molecular weight is 362 g/mol. The second-order valence-corrected chi connectivity index (χ2v) is 6.32. The number of aryl methyl sites for hydroxylation is 1. The maximum Gasteiger partial charge on any atom is 0.586 e. The van der Waals surface area contributed by atoms with Crippen LogP contribution in [-0.2, 0) is 0 Å². The molecule has 0 bridgehead atoms. The van der Waals surface area contributed by atoms with E-state index < -0.39 is 0 Å². The molecular formula is C21H22BFN3O+. The van der Waals surface area contributed by atoms with E-state index in [1.54, 1.807) is 23.9 Å². The number of ether oxygens (including phenoxy) is 1. The molecule has 0 atom stereocenters. The minimum atomic E-state index is -0.305. The lowest BCUT2D eigenvalue weighted by atomic mass is 10.0. The SMILES string of the molecule is [B][N+]1=CC=CC1=C(CCN)c1[nH]c(/C=C/c2cc(F)ccc2OC)cc1C. The van der Waals surface area contributed by atoms with E-state index in [4.69, 9.17) is 18.5 Å². The molecule has 0 fully saturated rings. The predicted octanol–water partition coefficient (Wildman–Crippen LogP) is 3.44. The van der Waals surface area contributed by atoms with Crippen molar-refractivity contribution in [1.29, 1.82) is 0 Å². The van der Waals surface area contributed by atoms with Gasteiger partial charge in [-0.3, -0.25) is 4.49 Å². The van der Waals surface area contributed by atoms with Crippen LogP contribution in [0.3, 0.4) is 0 Å². The average Bonchev–Trinajstić information content (AvgIpc) is 3.23. The number of benzene rings is 1. The summed E-state index contributed by atoms with van der Waals surface area (Å²) in [6.45, 7) is 2.55. The molecule has 1 aromatic heterocycles. The third kappa shape index (κ3) is 4.12. The number of rotatable bonds is 6. The normalized spacial score (nSPS) is 15.5. The third-order valence-corrected chi connectivity index (χ3v) is 4.45. The Bertz CT molecular complexity index is 970. The lowest BCUT2D eigenvalue weighted by molar-refractivity contribution is -0.294. The van der Waals surface area contributed by atoms with Crippen molar-refractivity contribution in [1.82, 2.24) is 4.98 Å². The Balaban J connectivity index is 1.96. The first-order valence-corrected chi connectivity index (χ1v) is 8.73. The molecular weight excluding hydrogens is 340 g/mol. The molecule has 2 heterocycles. The van der Waals surface area contributed by atoms with Gasteiger partial charge in [0.15, 0.2) is 5.70 Å². The van der Waals surface area contributed by atoms with Crippen LogP contribution in [0.1, 0.15) is 28.9 Å². The Morgan fingerprint density at radius 1 is 1.33 bits per heavy atom. The second-order valence-electron chi connectivity index (χ2n) is 6.32. The zero-order valence-electron chi connectivity index (χ0n) is 15.5. The van der Waals surface area contributed by atoms with Crippen molar-refractivity contribution in [3.8, 4) is 5.75 Å². The lowest BCUT2D eigenvalue weighted by Crippen LogP contribution is -2.09. The molecule has 2 radical (unpaired) electrons. The zero-order valence-corrected chi connectivity index (χ0v) is 15.5. The van der Waals surface area contributed by atoms with Crippen LogP contribution in [0, 0.1) is 12.7 Å². The van der Waals surface area contributed by atoms with Crippen molar-refractivity contribution < 1.29 is 13.6 Å². The molecule has 2 aromatic rings. The molecule has 0 saturated carbocycles. The number of hydrogen-bond acceptors (Lipinski definition) is 2. The van der Waals surface area contributed by atoms with Gasteiger partial charge in [0.2, 0.25) is 0 Å². The Labute approximate surface area is 160 Å². The van der Waals surface area contributed by atoms with Gasteiger partial charge in [0.05, 0.1) is 12.8 Å². The van der Waals surface area contributed by atoms with E-state index >= 15 is 0 Å². The number of nitrogens with one attached hydrogen (secondary N) is 1. The standard InChI is InChI=1S/C21H22BFN3O/c1-14-12-17(7-5-15-13-16(23)6-8-20(15)27-2)25-21(14)18(9-10-24)19-4-3-11-26(19)22/h3-8,11-13,25H,9-10,24H2,1-2H3/q+1/b7-5+. The van der Waals surface area contributed by atoms with Gasteiger partial charge in [-0.05, 0) is 61.9 Å². The number of aromatic amines is 1. The number of nitrogens with two attached hydrogens (primary N) is 1. The molecule has 0 aliphatic carbocycles. The third-order valence-electron chi connectivity index (χ3n) is 4.45.